The van der Waals surface area contributed by atoms with Crippen LogP contribution in [-0.2, 0) is 13.0 Å². The number of rotatable bonds is 4. The van der Waals surface area contributed by atoms with Crippen LogP contribution >= 0.6 is 0 Å². The maximum atomic E-state index is 5.99. The van der Waals surface area contributed by atoms with Gasteiger partial charge in [-0.15, -0.1) is 0 Å². The summed E-state index contributed by atoms with van der Waals surface area (Å²) in [6.07, 6.45) is 0.989. The molecule has 0 saturated heterocycles. The Labute approximate surface area is 130 Å². The molecule has 0 bridgehead atoms. The molecule has 0 aliphatic carbocycles. The molecule has 3 rings (SSSR count). The lowest BCUT2D eigenvalue weighted by atomic mass is 10.1. The highest BCUT2D eigenvalue weighted by Gasteiger charge is 2.28. The van der Waals surface area contributed by atoms with Crippen LogP contribution in [0.4, 0.5) is 0 Å². The zero-order valence-electron chi connectivity index (χ0n) is 13.8. The van der Waals surface area contributed by atoms with Gasteiger partial charge in [-0.05, 0) is 34.7 Å². The zero-order chi connectivity index (χ0) is 15.9. The molecule has 2 aromatic heterocycles. The monoisotopic (exact) mass is 302 g/mol. The molecule has 6 heteroatoms. The Morgan fingerprint density at radius 3 is 2.59 bits per heavy atom. The fourth-order valence-corrected chi connectivity index (χ4v) is 2.98. The summed E-state index contributed by atoms with van der Waals surface area (Å²) in [6.45, 7) is 9.48. The lowest BCUT2D eigenvalue weighted by Crippen LogP contribution is -2.32. The quantitative estimate of drug-likeness (QED) is 0.862. The van der Waals surface area contributed by atoms with Gasteiger partial charge in [0.05, 0.1) is 5.69 Å². The molecule has 0 amide bonds. The van der Waals surface area contributed by atoms with Crippen molar-refractivity contribution in [2.45, 2.75) is 46.8 Å². The Morgan fingerprint density at radius 1 is 1.14 bits per heavy atom. The highest BCUT2D eigenvalue weighted by Crippen LogP contribution is 2.29. The molecule has 0 spiro atoms. The molecule has 2 aromatic rings. The molecule has 6 nitrogen and oxygen atoms in total. The first-order valence-electron chi connectivity index (χ1n) is 7.55. The molecule has 1 aliphatic rings. The Balaban J connectivity index is 1.65. The third-order valence-electron chi connectivity index (χ3n) is 4.12. The number of ether oxygens (including phenoxy) is 1. The number of hydrogen-bond donors (Lipinski definition) is 0. The van der Waals surface area contributed by atoms with Crippen molar-refractivity contribution >= 4 is 0 Å². The van der Waals surface area contributed by atoms with Crippen LogP contribution in [0.25, 0.3) is 0 Å². The van der Waals surface area contributed by atoms with Crippen molar-refractivity contribution in [2.24, 2.45) is 0 Å². The summed E-state index contributed by atoms with van der Waals surface area (Å²) >= 11 is 0. The van der Waals surface area contributed by atoms with Gasteiger partial charge in [-0.3, -0.25) is 4.90 Å². The van der Waals surface area contributed by atoms with Gasteiger partial charge >= 0.3 is 0 Å². The van der Waals surface area contributed by atoms with Crippen LogP contribution in [0, 0.1) is 27.7 Å². The molecular weight excluding hydrogens is 280 g/mol. The average molecular weight is 302 g/mol. The normalized spacial score (nSPS) is 16.9. The molecule has 118 valence electrons. The second-order valence-corrected chi connectivity index (χ2v) is 6.08. The summed E-state index contributed by atoms with van der Waals surface area (Å²) in [4.78, 5) is 11.1. The predicted octanol–water partition coefficient (Wildman–Crippen LogP) is 2.13. The van der Waals surface area contributed by atoms with Gasteiger partial charge in [0, 0.05) is 36.3 Å². The zero-order valence-corrected chi connectivity index (χ0v) is 13.8. The number of nitrogens with zero attached hydrogens (tertiary/aromatic N) is 4. The second-order valence-electron chi connectivity index (χ2n) is 6.08. The summed E-state index contributed by atoms with van der Waals surface area (Å²) in [5, 5.41) is 4.00. The van der Waals surface area contributed by atoms with Gasteiger partial charge in [-0.2, -0.15) is 4.98 Å². The van der Waals surface area contributed by atoms with E-state index in [1.54, 1.807) is 0 Å². The first-order chi connectivity index (χ1) is 10.4. The third-order valence-corrected chi connectivity index (χ3v) is 4.12. The van der Waals surface area contributed by atoms with Crippen LogP contribution in [0.5, 0.6) is 5.88 Å². The van der Waals surface area contributed by atoms with Crippen LogP contribution in [0.2, 0.25) is 0 Å². The highest BCUT2D eigenvalue weighted by molar-refractivity contribution is 5.34. The van der Waals surface area contributed by atoms with Gasteiger partial charge in [-0.1, -0.05) is 5.16 Å². The van der Waals surface area contributed by atoms with Gasteiger partial charge in [0.25, 0.3) is 0 Å². The van der Waals surface area contributed by atoms with Crippen LogP contribution in [0.15, 0.2) is 4.52 Å². The standard InChI is InChI=1S/C16H22N4O2/c1-9-14-6-13(21-16(14)18-12(4)17-9)7-20(5)8-15-10(2)19-22-11(15)3/h13H,6-8H2,1-5H3. The SMILES string of the molecule is Cc1nc(C)c2c(n1)OC(CN(C)Cc1c(C)noc1C)C2. The van der Waals surface area contributed by atoms with Gasteiger partial charge in [-0.25, -0.2) is 4.98 Å². The molecule has 3 heterocycles. The molecule has 1 aliphatic heterocycles. The Kier molecular flexibility index (Phi) is 3.87. The minimum Gasteiger partial charge on any atom is -0.472 e. The Hall–Kier alpha value is -1.95. The highest BCUT2D eigenvalue weighted by atomic mass is 16.5. The summed E-state index contributed by atoms with van der Waals surface area (Å²) in [7, 11) is 2.09. The van der Waals surface area contributed by atoms with E-state index in [9.17, 15) is 0 Å². The van der Waals surface area contributed by atoms with Gasteiger partial charge in [0.1, 0.15) is 17.7 Å². The number of hydrogen-bond acceptors (Lipinski definition) is 6. The molecule has 22 heavy (non-hydrogen) atoms. The van der Waals surface area contributed by atoms with Gasteiger partial charge in [0.2, 0.25) is 5.88 Å². The van der Waals surface area contributed by atoms with E-state index in [0.29, 0.717) is 0 Å². The van der Waals surface area contributed by atoms with E-state index < -0.39 is 0 Å². The number of likely N-dealkylation sites (N-methyl/N-ethyl adjacent to an activating group) is 1. The van der Waals surface area contributed by atoms with Crippen LogP contribution in [0.1, 0.15) is 34.1 Å². The lowest BCUT2D eigenvalue weighted by molar-refractivity contribution is 0.160. The van der Waals surface area contributed by atoms with Gasteiger partial charge in [0.15, 0.2) is 0 Å². The van der Waals surface area contributed by atoms with E-state index in [1.807, 2.05) is 27.7 Å². The van der Waals surface area contributed by atoms with Crippen molar-refractivity contribution in [3.63, 3.8) is 0 Å². The number of fused-ring (bicyclic) bond motifs is 1. The van der Waals surface area contributed by atoms with E-state index in [2.05, 4.69) is 27.1 Å². The molecule has 0 saturated carbocycles. The predicted molar refractivity (Wildman–Crippen MR) is 81.9 cm³/mol. The van der Waals surface area contributed by atoms with Gasteiger partial charge < -0.3 is 9.26 Å². The van der Waals surface area contributed by atoms with Crippen molar-refractivity contribution < 1.29 is 9.26 Å². The van der Waals surface area contributed by atoms with E-state index in [4.69, 9.17) is 9.26 Å². The molecule has 1 atom stereocenters. The van der Waals surface area contributed by atoms with Crippen LogP contribution in [-0.4, -0.2) is 39.7 Å². The fraction of sp³-hybridized carbons (Fsp3) is 0.562. The third kappa shape index (κ3) is 2.83. The van der Waals surface area contributed by atoms with E-state index >= 15 is 0 Å². The van der Waals surface area contributed by atoms with E-state index in [0.717, 1.165) is 59.5 Å². The molecular formula is C16H22N4O2. The number of aromatic nitrogens is 3. The first kappa shape index (κ1) is 15.0. The lowest BCUT2D eigenvalue weighted by Gasteiger charge is -2.20. The molecule has 0 aromatic carbocycles. The maximum Gasteiger partial charge on any atom is 0.220 e. The van der Waals surface area contributed by atoms with E-state index in [1.165, 1.54) is 0 Å². The second kappa shape index (κ2) is 5.68. The molecule has 1 unspecified atom stereocenters. The average Bonchev–Trinajstić information content (AvgIpc) is 2.96. The minimum atomic E-state index is 0.121. The minimum absolute atomic E-state index is 0.121. The van der Waals surface area contributed by atoms with Crippen LogP contribution < -0.4 is 4.74 Å². The maximum absolute atomic E-state index is 5.99. The summed E-state index contributed by atoms with van der Waals surface area (Å²) < 4.78 is 11.2. The topological polar surface area (TPSA) is 64.3 Å². The Bertz CT molecular complexity index is 676. The van der Waals surface area contributed by atoms with Crippen molar-refractivity contribution in [2.75, 3.05) is 13.6 Å². The Morgan fingerprint density at radius 2 is 1.91 bits per heavy atom. The number of aryl methyl sites for hydroxylation is 4. The largest absolute Gasteiger partial charge is 0.472 e. The summed E-state index contributed by atoms with van der Waals surface area (Å²) in [5.41, 5.74) is 4.28. The van der Waals surface area contributed by atoms with Crippen molar-refractivity contribution in [3.05, 3.63) is 34.1 Å². The summed E-state index contributed by atoms with van der Waals surface area (Å²) in [5.74, 6) is 2.40. The fourth-order valence-electron chi connectivity index (χ4n) is 2.98. The molecule has 0 radical (unpaired) electrons. The van der Waals surface area contributed by atoms with Crippen LogP contribution in [0.3, 0.4) is 0 Å². The smallest absolute Gasteiger partial charge is 0.220 e. The first-order valence-corrected chi connectivity index (χ1v) is 7.55. The summed E-state index contributed by atoms with van der Waals surface area (Å²) in [6, 6.07) is 0. The van der Waals surface area contributed by atoms with E-state index in [-0.39, 0.29) is 6.10 Å². The van der Waals surface area contributed by atoms with Crippen molar-refractivity contribution in [3.8, 4) is 5.88 Å². The van der Waals surface area contributed by atoms with Crippen molar-refractivity contribution in [1.82, 2.24) is 20.0 Å². The molecule has 0 fully saturated rings. The molecule has 0 N–H and O–H groups in total. The van der Waals surface area contributed by atoms with Crippen molar-refractivity contribution in [1.29, 1.82) is 0 Å².